The molecule has 1 amide bonds. The Balaban J connectivity index is 1.58. The SMILES string of the molecule is CCc1ccc(NC(=O)Oc2cc(OCCOC(CCN)c3cnc(N)[nH]3)cc(C(C)C)c2)cc1. The molecule has 6 N–H and O–H groups in total. The van der Waals surface area contributed by atoms with Gasteiger partial charge in [-0.1, -0.05) is 32.9 Å². The highest BCUT2D eigenvalue weighted by molar-refractivity contribution is 5.86. The standard InChI is InChI=1S/C26H35N5O4/c1-4-18-5-7-20(8-6-18)30-26(32)35-22-14-19(17(2)3)13-21(15-22)33-11-12-34-24(9-10-27)23-16-29-25(28)31-23/h5-8,13-17,24H,4,9-12,27H2,1-3H3,(H,30,32)(H3,28,29,31). The molecule has 0 aliphatic heterocycles. The fourth-order valence-corrected chi connectivity index (χ4v) is 3.49. The monoisotopic (exact) mass is 481 g/mol. The second-order valence-electron chi connectivity index (χ2n) is 8.47. The second kappa shape index (κ2) is 12.8. The predicted octanol–water partition coefficient (Wildman–Crippen LogP) is 4.77. The quantitative estimate of drug-likeness (QED) is 0.273. The van der Waals surface area contributed by atoms with Gasteiger partial charge < -0.3 is 30.7 Å². The lowest BCUT2D eigenvalue weighted by atomic mass is 10.0. The van der Waals surface area contributed by atoms with Crippen LogP contribution >= 0.6 is 0 Å². The Morgan fingerprint density at radius 3 is 2.49 bits per heavy atom. The molecule has 1 atom stereocenters. The van der Waals surface area contributed by atoms with E-state index in [1.807, 2.05) is 36.4 Å². The van der Waals surface area contributed by atoms with Gasteiger partial charge in [-0.3, -0.25) is 5.32 Å². The van der Waals surface area contributed by atoms with Crippen molar-refractivity contribution in [1.82, 2.24) is 9.97 Å². The average molecular weight is 482 g/mol. The van der Waals surface area contributed by atoms with Crippen molar-refractivity contribution < 1.29 is 19.0 Å². The molecule has 9 heteroatoms. The summed E-state index contributed by atoms with van der Waals surface area (Å²) in [5.74, 6) is 1.56. The first-order valence-electron chi connectivity index (χ1n) is 11.9. The van der Waals surface area contributed by atoms with Crippen LogP contribution in [0.4, 0.5) is 16.4 Å². The van der Waals surface area contributed by atoms with Crippen molar-refractivity contribution >= 4 is 17.7 Å². The number of carbonyl (C=O) groups excluding carboxylic acids is 1. The van der Waals surface area contributed by atoms with Crippen LogP contribution < -0.4 is 26.3 Å². The van der Waals surface area contributed by atoms with E-state index in [9.17, 15) is 4.79 Å². The number of nitrogens with two attached hydrogens (primary N) is 2. The third kappa shape index (κ3) is 8.01. The molecule has 9 nitrogen and oxygen atoms in total. The summed E-state index contributed by atoms with van der Waals surface area (Å²) < 4.78 is 17.4. The van der Waals surface area contributed by atoms with Crippen molar-refractivity contribution in [3.8, 4) is 11.5 Å². The summed E-state index contributed by atoms with van der Waals surface area (Å²) in [6, 6.07) is 13.1. The van der Waals surface area contributed by atoms with E-state index in [0.717, 1.165) is 17.7 Å². The smallest absolute Gasteiger partial charge is 0.417 e. The molecule has 2 aromatic carbocycles. The van der Waals surface area contributed by atoms with E-state index < -0.39 is 6.09 Å². The first-order chi connectivity index (χ1) is 16.9. The molecule has 0 spiro atoms. The van der Waals surface area contributed by atoms with Gasteiger partial charge in [-0.25, -0.2) is 9.78 Å². The van der Waals surface area contributed by atoms with Gasteiger partial charge in [-0.2, -0.15) is 0 Å². The fourth-order valence-electron chi connectivity index (χ4n) is 3.49. The zero-order chi connectivity index (χ0) is 25.2. The molecule has 0 radical (unpaired) electrons. The maximum atomic E-state index is 12.4. The number of imidazole rings is 1. The van der Waals surface area contributed by atoms with Crippen LogP contribution in [0.25, 0.3) is 0 Å². The number of nitrogen functional groups attached to an aromatic ring is 1. The van der Waals surface area contributed by atoms with Crippen molar-refractivity contribution in [3.05, 3.63) is 65.5 Å². The summed E-state index contributed by atoms with van der Waals surface area (Å²) in [6.07, 6.45) is 2.40. The molecule has 188 valence electrons. The molecule has 0 saturated carbocycles. The lowest BCUT2D eigenvalue weighted by Crippen LogP contribution is -2.17. The van der Waals surface area contributed by atoms with Gasteiger partial charge in [-0.05, 0) is 60.7 Å². The van der Waals surface area contributed by atoms with Gasteiger partial charge in [0.05, 0.1) is 18.5 Å². The minimum absolute atomic E-state index is 0.224. The molecule has 0 aliphatic rings. The van der Waals surface area contributed by atoms with Gasteiger partial charge in [0.2, 0.25) is 0 Å². The Hall–Kier alpha value is -3.56. The number of amides is 1. The normalized spacial score (nSPS) is 11.9. The molecule has 0 saturated heterocycles. The highest BCUT2D eigenvalue weighted by atomic mass is 16.6. The lowest BCUT2D eigenvalue weighted by molar-refractivity contribution is 0.0270. The zero-order valence-electron chi connectivity index (χ0n) is 20.5. The van der Waals surface area contributed by atoms with Crippen molar-refractivity contribution in [2.45, 2.75) is 45.6 Å². The highest BCUT2D eigenvalue weighted by Crippen LogP contribution is 2.28. The van der Waals surface area contributed by atoms with E-state index in [2.05, 4.69) is 36.1 Å². The number of rotatable bonds is 12. The minimum Gasteiger partial charge on any atom is -0.491 e. The third-order valence-electron chi connectivity index (χ3n) is 5.45. The number of anilines is 2. The van der Waals surface area contributed by atoms with E-state index in [1.54, 1.807) is 12.3 Å². The van der Waals surface area contributed by atoms with Crippen LogP contribution in [-0.4, -0.2) is 35.8 Å². The predicted molar refractivity (Wildman–Crippen MR) is 137 cm³/mol. The largest absolute Gasteiger partial charge is 0.491 e. The number of H-pyrrole nitrogens is 1. The molecule has 1 unspecified atom stereocenters. The molecule has 35 heavy (non-hydrogen) atoms. The van der Waals surface area contributed by atoms with E-state index in [-0.39, 0.29) is 12.0 Å². The van der Waals surface area contributed by atoms with Gasteiger partial charge in [0.15, 0.2) is 5.95 Å². The van der Waals surface area contributed by atoms with Crippen LogP contribution in [0.3, 0.4) is 0 Å². The van der Waals surface area contributed by atoms with Crippen LogP contribution in [0.5, 0.6) is 11.5 Å². The van der Waals surface area contributed by atoms with Gasteiger partial charge in [0.1, 0.15) is 24.2 Å². The van der Waals surface area contributed by atoms with Crippen LogP contribution in [0, 0.1) is 0 Å². The number of aryl methyl sites for hydroxylation is 1. The van der Waals surface area contributed by atoms with E-state index in [1.165, 1.54) is 5.56 Å². The van der Waals surface area contributed by atoms with Crippen LogP contribution in [0.15, 0.2) is 48.7 Å². The Morgan fingerprint density at radius 2 is 1.86 bits per heavy atom. The third-order valence-corrected chi connectivity index (χ3v) is 5.45. The number of hydrogen-bond acceptors (Lipinski definition) is 7. The Bertz CT molecular complexity index is 1080. The summed E-state index contributed by atoms with van der Waals surface area (Å²) in [5.41, 5.74) is 15.0. The van der Waals surface area contributed by atoms with Crippen LogP contribution in [0.2, 0.25) is 0 Å². The molecule has 0 bridgehead atoms. The first-order valence-corrected chi connectivity index (χ1v) is 11.9. The number of ether oxygens (including phenoxy) is 3. The van der Waals surface area contributed by atoms with E-state index >= 15 is 0 Å². The van der Waals surface area contributed by atoms with Crippen molar-refractivity contribution in [2.24, 2.45) is 5.73 Å². The summed E-state index contributed by atoms with van der Waals surface area (Å²) in [7, 11) is 0. The van der Waals surface area contributed by atoms with E-state index in [4.69, 9.17) is 25.7 Å². The topological polar surface area (TPSA) is 138 Å². The molecular weight excluding hydrogens is 446 g/mol. The number of hydrogen-bond donors (Lipinski definition) is 4. The zero-order valence-corrected chi connectivity index (χ0v) is 20.5. The molecule has 0 aliphatic carbocycles. The average Bonchev–Trinajstić information content (AvgIpc) is 3.27. The number of benzene rings is 2. The van der Waals surface area contributed by atoms with Gasteiger partial charge in [-0.15, -0.1) is 0 Å². The maximum absolute atomic E-state index is 12.4. The number of nitrogens with one attached hydrogen (secondary N) is 2. The molecule has 3 aromatic rings. The number of carbonyl (C=O) groups is 1. The molecule has 0 fully saturated rings. The molecule has 1 aromatic heterocycles. The van der Waals surface area contributed by atoms with Gasteiger partial charge in [0, 0.05) is 11.8 Å². The Morgan fingerprint density at radius 1 is 1.11 bits per heavy atom. The van der Waals surface area contributed by atoms with Crippen molar-refractivity contribution in [1.29, 1.82) is 0 Å². The molecular formula is C26H35N5O4. The number of aromatic amines is 1. The van der Waals surface area contributed by atoms with Crippen LogP contribution in [0.1, 0.15) is 56.0 Å². The summed E-state index contributed by atoms with van der Waals surface area (Å²) in [6.45, 7) is 7.32. The van der Waals surface area contributed by atoms with Crippen molar-refractivity contribution in [3.63, 3.8) is 0 Å². The summed E-state index contributed by atoms with van der Waals surface area (Å²) in [5, 5.41) is 2.75. The number of nitrogens with zero attached hydrogens (tertiary/aromatic N) is 1. The second-order valence-corrected chi connectivity index (χ2v) is 8.47. The van der Waals surface area contributed by atoms with E-state index in [0.29, 0.717) is 49.3 Å². The maximum Gasteiger partial charge on any atom is 0.417 e. The van der Waals surface area contributed by atoms with Gasteiger partial charge >= 0.3 is 6.09 Å². The summed E-state index contributed by atoms with van der Waals surface area (Å²) >= 11 is 0. The summed E-state index contributed by atoms with van der Waals surface area (Å²) in [4.78, 5) is 19.4. The van der Waals surface area contributed by atoms with Crippen molar-refractivity contribution in [2.75, 3.05) is 30.8 Å². The minimum atomic E-state index is -0.562. The fraction of sp³-hybridized carbons (Fsp3) is 0.385. The van der Waals surface area contributed by atoms with Crippen LogP contribution in [-0.2, 0) is 11.2 Å². The number of aromatic nitrogens is 2. The molecule has 1 heterocycles. The first kappa shape index (κ1) is 26.1. The Labute approximate surface area is 206 Å². The lowest BCUT2D eigenvalue weighted by Gasteiger charge is -2.17. The Kier molecular flexibility index (Phi) is 9.51. The molecule has 3 rings (SSSR count). The van der Waals surface area contributed by atoms with Gasteiger partial charge in [0.25, 0.3) is 0 Å². The highest BCUT2D eigenvalue weighted by Gasteiger charge is 2.15.